The van der Waals surface area contributed by atoms with E-state index in [1.54, 1.807) is 29.2 Å². The standard InChI is InChI=1S/C25H23Cl2N3O3/c1-16-6-9-20(10-7-16)30-14-18(12-24(30)31)25(32)29-28-19-8-11-23(22(27)13-19)33-15-17-4-2-3-5-21(17)26/h2-11,13,18,28H,12,14-15H2,1H3,(H,29,32)/t18-/m0/s1. The summed E-state index contributed by atoms with van der Waals surface area (Å²) in [6.45, 7) is 2.61. The Kier molecular flexibility index (Phi) is 7.06. The van der Waals surface area contributed by atoms with Crippen LogP contribution < -0.4 is 20.5 Å². The van der Waals surface area contributed by atoms with Crippen LogP contribution in [0.25, 0.3) is 0 Å². The number of nitrogens with zero attached hydrogens (tertiary/aromatic N) is 1. The highest BCUT2D eigenvalue weighted by Crippen LogP contribution is 2.29. The first-order valence-electron chi connectivity index (χ1n) is 10.5. The van der Waals surface area contributed by atoms with Crippen LogP contribution >= 0.6 is 23.2 Å². The number of carbonyl (C=O) groups excluding carboxylic acids is 2. The van der Waals surface area contributed by atoms with Crippen LogP contribution in [0.4, 0.5) is 11.4 Å². The topological polar surface area (TPSA) is 70.7 Å². The van der Waals surface area contributed by atoms with Crippen LogP contribution in [0.1, 0.15) is 17.5 Å². The molecule has 0 unspecified atom stereocenters. The first kappa shape index (κ1) is 23.0. The summed E-state index contributed by atoms with van der Waals surface area (Å²) in [7, 11) is 0. The van der Waals surface area contributed by atoms with Crippen molar-refractivity contribution in [1.29, 1.82) is 0 Å². The van der Waals surface area contributed by atoms with Crippen LogP contribution in [0.3, 0.4) is 0 Å². The molecular formula is C25H23Cl2N3O3. The second-order valence-corrected chi connectivity index (χ2v) is 8.69. The van der Waals surface area contributed by atoms with E-state index in [0.29, 0.717) is 28.0 Å². The average molecular weight is 484 g/mol. The fourth-order valence-electron chi connectivity index (χ4n) is 3.56. The van der Waals surface area contributed by atoms with Crippen LogP contribution in [-0.4, -0.2) is 18.4 Å². The van der Waals surface area contributed by atoms with E-state index in [-0.39, 0.29) is 24.8 Å². The summed E-state index contributed by atoms with van der Waals surface area (Å²) in [6.07, 6.45) is 0.164. The van der Waals surface area contributed by atoms with Crippen LogP contribution in [0.5, 0.6) is 5.75 Å². The number of ether oxygens (including phenoxy) is 1. The van der Waals surface area contributed by atoms with Crippen LogP contribution in [0.2, 0.25) is 10.0 Å². The SMILES string of the molecule is Cc1ccc(N2C[C@@H](C(=O)NNc3ccc(OCc4ccccc4Cl)c(Cl)c3)CC2=O)cc1. The first-order chi connectivity index (χ1) is 15.9. The van der Waals surface area contributed by atoms with Gasteiger partial charge in [-0.25, -0.2) is 0 Å². The van der Waals surface area contributed by atoms with E-state index < -0.39 is 5.92 Å². The zero-order valence-electron chi connectivity index (χ0n) is 18.0. The molecule has 0 saturated carbocycles. The van der Waals surface area contributed by atoms with E-state index in [1.807, 2.05) is 49.4 Å². The largest absolute Gasteiger partial charge is 0.487 e. The molecule has 0 bridgehead atoms. The number of halogens is 2. The molecule has 8 heteroatoms. The molecule has 1 fully saturated rings. The maximum absolute atomic E-state index is 12.6. The Morgan fingerprint density at radius 1 is 1.06 bits per heavy atom. The third kappa shape index (κ3) is 5.59. The van der Waals surface area contributed by atoms with E-state index in [0.717, 1.165) is 16.8 Å². The number of rotatable bonds is 7. The minimum atomic E-state index is -0.444. The van der Waals surface area contributed by atoms with Gasteiger partial charge in [0.1, 0.15) is 12.4 Å². The average Bonchev–Trinajstić information content (AvgIpc) is 3.20. The smallest absolute Gasteiger partial charge is 0.243 e. The van der Waals surface area contributed by atoms with Crippen molar-refractivity contribution in [2.24, 2.45) is 5.92 Å². The summed E-state index contributed by atoms with van der Waals surface area (Å²) >= 11 is 12.5. The zero-order valence-corrected chi connectivity index (χ0v) is 19.5. The Hall–Kier alpha value is -3.22. The molecule has 1 aliphatic rings. The lowest BCUT2D eigenvalue weighted by Gasteiger charge is -2.17. The van der Waals surface area contributed by atoms with Gasteiger partial charge >= 0.3 is 0 Å². The van der Waals surface area contributed by atoms with Gasteiger partial charge in [0.05, 0.1) is 16.6 Å². The molecule has 2 N–H and O–H groups in total. The van der Waals surface area contributed by atoms with Gasteiger partial charge < -0.3 is 9.64 Å². The quantitative estimate of drug-likeness (QED) is 0.442. The summed E-state index contributed by atoms with van der Waals surface area (Å²) in [5.74, 6) is -0.265. The van der Waals surface area contributed by atoms with Gasteiger partial charge in [0, 0.05) is 29.2 Å². The highest BCUT2D eigenvalue weighted by molar-refractivity contribution is 6.32. The number of carbonyl (C=O) groups is 2. The van der Waals surface area contributed by atoms with Crippen molar-refractivity contribution in [1.82, 2.24) is 5.43 Å². The zero-order chi connectivity index (χ0) is 23.4. The van der Waals surface area contributed by atoms with E-state index in [1.165, 1.54) is 0 Å². The number of hydrogen-bond acceptors (Lipinski definition) is 4. The fourth-order valence-corrected chi connectivity index (χ4v) is 3.99. The summed E-state index contributed by atoms with van der Waals surface area (Å²) in [6, 6.07) is 20.2. The fraction of sp³-hybridized carbons (Fsp3) is 0.200. The van der Waals surface area contributed by atoms with Crippen molar-refractivity contribution in [3.63, 3.8) is 0 Å². The van der Waals surface area contributed by atoms with Crippen molar-refractivity contribution in [3.8, 4) is 5.75 Å². The summed E-state index contributed by atoms with van der Waals surface area (Å²) < 4.78 is 5.76. The monoisotopic (exact) mass is 483 g/mol. The summed E-state index contributed by atoms with van der Waals surface area (Å²) in [5, 5.41) is 1.02. The van der Waals surface area contributed by atoms with Gasteiger partial charge in [-0.15, -0.1) is 0 Å². The van der Waals surface area contributed by atoms with Crippen LogP contribution in [-0.2, 0) is 16.2 Å². The molecule has 1 atom stereocenters. The van der Waals surface area contributed by atoms with Gasteiger partial charge in [0.15, 0.2) is 0 Å². The van der Waals surface area contributed by atoms with Gasteiger partial charge in [-0.05, 0) is 43.3 Å². The number of benzene rings is 3. The molecule has 3 aromatic carbocycles. The lowest BCUT2D eigenvalue weighted by molar-refractivity contribution is -0.125. The number of nitrogens with one attached hydrogen (secondary N) is 2. The molecule has 4 rings (SSSR count). The minimum absolute atomic E-state index is 0.0675. The second kappa shape index (κ2) is 10.1. The summed E-state index contributed by atoms with van der Waals surface area (Å²) in [4.78, 5) is 26.7. The molecule has 0 spiro atoms. The minimum Gasteiger partial charge on any atom is -0.487 e. The molecule has 3 aromatic rings. The third-order valence-electron chi connectivity index (χ3n) is 5.44. The van der Waals surface area contributed by atoms with Crippen molar-refractivity contribution in [2.75, 3.05) is 16.9 Å². The van der Waals surface area contributed by atoms with Gasteiger partial charge in [-0.3, -0.25) is 20.4 Å². The molecule has 33 heavy (non-hydrogen) atoms. The molecule has 1 saturated heterocycles. The Morgan fingerprint density at radius 3 is 2.55 bits per heavy atom. The molecule has 170 valence electrons. The Balaban J connectivity index is 1.31. The van der Waals surface area contributed by atoms with Crippen molar-refractivity contribution in [3.05, 3.63) is 87.9 Å². The second-order valence-electron chi connectivity index (χ2n) is 7.88. The van der Waals surface area contributed by atoms with Crippen LogP contribution in [0, 0.1) is 12.8 Å². The van der Waals surface area contributed by atoms with E-state index in [2.05, 4.69) is 10.9 Å². The maximum atomic E-state index is 12.6. The number of hydrazine groups is 1. The van der Waals surface area contributed by atoms with Gasteiger partial charge in [-0.2, -0.15) is 0 Å². The predicted octanol–water partition coefficient (Wildman–Crippen LogP) is 5.38. The summed E-state index contributed by atoms with van der Waals surface area (Å²) in [5.41, 5.74) is 8.89. The number of amides is 2. The predicted molar refractivity (Wildman–Crippen MR) is 131 cm³/mol. The lowest BCUT2D eigenvalue weighted by Crippen LogP contribution is -2.36. The molecule has 6 nitrogen and oxygen atoms in total. The Bertz CT molecular complexity index is 1170. The van der Waals surface area contributed by atoms with E-state index >= 15 is 0 Å². The van der Waals surface area contributed by atoms with E-state index in [9.17, 15) is 9.59 Å². The highest BCUT2D eigenvalue weighted by atomic mass is 35.5. The van der Waals surface area contributed by atoms with Crippen molar-refractivity contribution in [2.45, 2.75) is 20.0 Å². The molecule has 0 aromatic heterocycles. The molecule has 2 amide bonds. The molecule has 1 aliphatic heterocycles. The number of hydrogen-bond donors (Lipinski definition) is 2. The molecule has 0 radical (unpaired) electrons. The van der Waals surface area contributed by atoms with Gasteiger partial charge in [0.2, 0.25) is 11.8 Å². The number of aryl methyl sites for hydroxylation is 1. The maximum Gasteiger partial charge on any atom is 0.243 e. The lowest BCUT2D eigenvalue weighted by atomic mass is 10.1. The molecule has 0 aliphatic carbocycles. The Morgan fingerprint density at radius 2 is 1.82 bits per heavy atom. The third-order valence-corrected chi connectivity index (χ3v) is 6.11. The number of anilines is 2. The van der Waals surface area contributed by atoms with Gasteiger partial charge in [-0.1, -0.05) is 59.1 Å². The van der Waals surface area contributed by atoms with Gasteiger partial charge in [0.25, 0.3) is 0 Å². The van der Waals surface area contributed by atoms with Crippen molar-refractivity contribution >= 4 is 46.4 Å². The Labute approximate surface area is 202 Å². The highest BCUT2D eigenvalue weighted by Gasteiger charge is 2.35. The molecular weight excluding hydrogens is 461 g/mol. The van der Waals surface area contributed by atoms with Crippen molar-refractivity contribution < 1.29 is 14.3 Å². The van der Waals surface area contributed by atoms with Crippen LogP contribution in [0.15, 0.2) is 66.7 Å². The first-order valence-corrected chi connectivity index (χ1v) is 11.2. The molecule has 1 heterocycles. The van der Waals surface area contributed by atoms with E-state index in [4.69, 9.17) is 27.9 Å². The normalized spacial score (nSPS) is 15.4.